The van der Waals surface area contributed by atoms with Crippen molar-refractivity contribution in [3.05, 3.63) is 0 Å². The summed E-state index contributed by atoms with van der Waals surface area (Å²) in [5, 5.41) is 1.02. The fourth-order valence-corrected chi connectivity index (χ4v) is 3.16. The third-order valence-corrected chi connectivity index (χ3v) is 4.32. The Kier molecular flexibility index (Phi) is 6.57. The lowest BCUT2D eigenvalue weighted by Gasteiger charge is -2.28. The number of hydrogen-bond acceptors (Lipinski definition) is 4. The Morgan fingerprint density at radius 3 is 2.57 bits per heavy atom. The molecule has 2 aliphatic rings. The van der Waals surface area contributed by atoms with E-state index in [1.54, 1.807) is 0 Å². The Morgan fingerprint density at radius 1 is 1.29 bits per heavy atom. The molecule has 1 amide bonds. The van der Waals surface area contributed by atoms with E-state index in [1.165, 1.54) is 0 Å². The smallest absolute Gasteiger partial charge is 0.306 e. The standard InChI is InChI=1S/C15H24FNO4/c16-15(19)13(9-12-5-1-2-6-12)10-17(11-18)21-14-7-3-4-8-20-14/h11-14H,1-10H2/t13-,14?/m1/s1. The Bertz CT molecular complexity index is 341. The van der Waals surface area contributed by atoms with Gasteiger partial charge in [0.1, 0.15) is 0 Å². The summed E-state index contributed by atoms with van der Waals surface area (Å²) in [5.41, 5.74) is 0. The maximum atomic E-state index is 13.2. The molecule has 1 unspecified atom stereocenters. The predicted molar refractivity (Wildman–Crippen MR) is 73.6 cm³/mol. The van der Waals surface area contributed by atoms with Gasteiger partial charge < -0.3 is 4.74 Å². The molecule has 1 aliphatic carbocycles. The molecule has 6 heteroatoms. The van der Waals surface area contributed by atoms with Crippen LogP contribution in [0.4, 0.5) is 4.39 Å². The van der Waals surface area contributed by atoms with Gasteiger partial charge in [0.15, 0.2) is 6.29 Å². The van der Waals surface area contributed by atoms with Crippen molar-refractivity contribution < 1.29 is 23.6 Å². The average Bonchev–Trinajstić information content (AvgIpc) is 2.99. The van der Waals surface area contributed by atoms with Gasteiger partial charge in [-0.2, -0.15) is 4.39 Å². The van der Waals surface area contributed by atoms with Crippen molar-refractivity contribution in [2.75, 3.05) is 13.2 Å². The van der Waals surface area contributed by atoms with Crippen molar-refractivity contribution in [3.63, 3.8) is 0 Å². The number of ether oxygens (including phenoxy) is 1. The number of carbonyl (C=O) groups is 2. The molecule has 0 aromatic carbocycles. The van der Waals surface area contributed by atoms with Crippen molar-refractivity contribution in [1.29, 1.82) is 0 Å². The molecule has 0 bridgehead atoms. The second-order valence-electron chi connectivity index (χ2n) is 5.99. The number of amides is 1. The SMILES string of the molecule is O=CN(C[C@@H](CC1CCCC1)C(=O)F)OC1CCCCO1. The van der Waals surface area contributed by atoms with Crippen LogP contribution >= 0.6 is 0 Å². The summed E-state index contributed by atoms with van der Waals surface area (Å²) >= 11 is 0. The molecule has 120 valence electrons. The molecule has 0 N–H and O–H groups in total. The molecule has 0 spiro atoms. The molecule has 2 atom stereocenters. The summed E-state index contributed by atoms with van der Waals surface area (Å²) in [6, 6.07) is -1.36. The summed E-state index contributed by atoms with van der Waals surface area (Å²) in [5.74, 6) is -0.406. The fourth-order valence-electron chi connectivity index (χ4n) is 3.16. The highest BCUT2D eigenvalue weighted by Gasteiger charge is 2.28. The van der Waals surface area contributed by atoms with Crippen molar-refractivity contribution in [3.8, 4) is 0 Å². The van der Waals surface area contributed by atoms with Crippen molar-refractivity contribution >= 4 is 12.4 Å². The third-order valence-electron chi connectivity index (χ3n) is 4.32. The van der Waals surface area contributed by atoms with Gasteiger partial charge in [0.2, 0.25) is 6.41 Å². The summed E-state index contributed by atoms with van der Waals surface area (Å²) in [7, 11) is 0. The number of rotatable bonds is 8. The zero-order valence-corrected chi connectivity index (χ0v) is 12.3. The molecule has 21 heavy (non-hydrogen) atoms. The third kappa shape index (κ3) is 5.36. The number of nitrogens with zero attached hydrogens (tertiary/aromatic N) is 1. The molecule has 1 heterocycles. The van der Waals surface area contributed by atoms with Crippen LogP contribution in [-0.4, -0.2) is 37.0 Å². The van der Waals surface area contributed by atoms with Gasteiger partial charge in [0, 0.05) is 13.0 Å². The minimum absolute atomic E-state index is 0.0325. The van der Waals surface area contributed by atoms with E-state index in [-0.39, 0.29) is 6.54 Å². The van der Waals surface area contributed by atoms with Crippen LogP contribution in [0.1, 0.15) is 51.4 Å². The lowest BCUT2D eigenvalue weighted by Crippen LogP contribution is -2.37. The number of hydroxylamine groups is 2. The van der Waals surface area contributed by atoms with Crippen molar-refractivity contribution in [1.82, 2.24) is 5.06 Å². The van der Waals surface area contributed by atoms with E-state index < -0.39 is 18.2 Å². The van der Waals surface area contributed by atoms with Crippen LogP contribution in [0.25, 0.3) is 0 Å². The summed E-state index contributed by atoms with van der Waals surface area (Å²) in [6.07, 6.45) is 7.56. The summed E-state index contributed by atoms with van der Waals surface area (Å²) in [4.78, 5) is 27.7. The lowest BCUT2D eigenvalue weighted by atomic mass is 9.93. The van der Waals surface area contributed by atoms with Crippen molar-refractivity contribution in [2.45, 2.75) is 57.7 Å². The van der Waals surface area contributed by atoms with Crippen molar-refractivity contribution in [2.24, 2.45) is 11.8 Å². The second kappa shape index (κ2) is 8.44. The van der Waals surface area contributed by atoms with E-state index in [2.05, 4.69) is 0 Å². The Labute approximate surface area is 124 Å². The zero-order chi connectivity index (χ0) is 15.1. The van der Waals surface area contributed by atoms with E-state index in [0.29, 0.717) is 31.8 Å². The molecule has 0 radical (unpaired) electrons. The molecular formula is C15H24FNO4. The molecule has 1 aliphatic heterocycles. The molecule has 5 nitrogen and oxygen atoms in total. The molecule has 0 aromatic rings. The van der Waals surface area contributed by atoms with Crippen LogP contribution < -0.4 is 0 Å². The van der Waals surface area contributed by atoms with E-state index in [4.69, 9.17) is 9.57 Å². The summed E-state index contributed by atoms with van der Waals surface area (Å²) in [6.45, 7) is 0.570. The Morgan fingerprint density at radius 2 is 2.00 bits per heavy atom. The average molecular weight is 301 g/mol. The lowest BCUT2D eigenvalue weighted by molar-refractivity contribution is -0.276. The fraction of sp³-hybridized carbons (Fsp3) is 0.867. The van der Waals surface area contributed by atoms with E-state index in [1.807, 2.05) is 0 Å². The van der Waals surface area contributed by atoms with Crippen LogP contribution in [0.15, 0.2) is 0 Å². The Hall–Kier alpha value is -1.01. The van der Waals surface area contributed by atoms with Crippen LogP contribution in [0.3, 0.4) is 0 Å². The molecule has 1 saturated carbocycles. The van der Waals surface area contributed by atoms with E-state index in [0.717, 1.165) is 43.6 Å². The van der Waals surface area contributed by atoms with Gasteiger partial charge in [0.05, 0.1) is 12.5 Å². The normalized spacial score (nSPS) is 24.7. The van der Waals surface area contributed by atoms with Gasteiger partial charge in [-0.25, -0.2) is 9.90 Å². The van der Waals surface area contributed by atoms with Gasteiger partial charge in [0.25, 0.3) is 0 Å². The Balaban J connectivity index is 1.83. The molecule has 2 rings (SSSR count). The maximum Gasteiger partial charge on any atom is 0.306 e. The first-order chi connectivity index (χ1) is 10.2. The largest absolute Gasteiger partial charge is 0.350 e. The highest BCUT2D eigenvalue weighted by atomic mass is 19.1. The van der Waals surface area contributed by atoms with Gasteiger partial charge in [-0.05, 0) is 25.2 Å². The molecule has 0 aromatic heterocycles. The predicted octanol–water partition coefficient (Wildman–Crippen LogP) is 2.60. The van der Waals surface area contributed by atoms with Crippen LogP contribution in [0.2, 0.25) is 0 Å². The molecule has 2 fully saturated rings. The van der Waals surface area contributed by atoms with Crippen LogP contribution in [0, 0.1) is 11.8 Å². The quantitative estimate of drug-likeness (QED) is 0.393. The monoisotopic (exact) mass is 301 g/mol. The zero-order valence-electron chi connectivity index (χ0n) is 12.3. The van der Waals surface area contributed by atoms with Gasteiger partial charge in [-0.15, -0.1) is 0 Å². The van der Waals surface area contributed by atoms with Gasteiger partial charge in [-0.1, -0.05) is 25.7 Å². The molecule has 1 saturated heterocycles. The number of halogens is 1. The summed E-state index contributed by atoms with van der Waals surface area (Å²) < 4.78 is 18.6. The first-order valence-electron chi connectivity index (χ1n) is 7.88. The topological polar surface area (TPSA) is 55.8 Å². The number of hydrogen-bond donors (Lipinski definition) is 0. The minimum Gasteiger partial charge on any atom is -0.350 e. The highest BCUT2D eigenvalue weighted by Crippen LogP contribution is 2.31. The van der Waals surface area contributed by atoms with Gasteiger partial charge in [-0.3, -0.25) is 9.59 Å². The van der Waals surface area contributed by atoms with Crippen LogP contribution in [0.5, 0.6) is 0 Å². The first kappa shape index (κ1) is 16.4. The highest BCUT2D eigenvalue weighted by molar-refractivity contribution is 5.71. The minimum atomic E-state index is -1.36. The van der Waals surface area contributed by atoms with Gasteiger partial charge >= 0.3 is 6.04 Å². The van der Waals surface area contributed by atoms with E-state index >= 15 is 0 Å². The molecular weight excluding hydrogens is 277 g/mol. The second-order valence-corrected chi connectivity index (χ2v) is 5.99. The van der Waals surface area contributed by atoms with Crippen LogP contribution in [-0.2, 0) is 19.2 Å². The van der Waals surface area contributed by atoms with E-state index in [9.17, 15) is 14.0 Å². The first-order valence-corrected chi connectivity index (χ1v) is 7.88. The number of carbonyl (C=O) groups excluding carboxylic acids is 2. The maximum absolute atomic E-state index is 13.2.